The highest BCUT2D eigenvalue weighted by molar-refractivity contribution is 7.13. The quantitative estimate of drug-likeness (QED) is 0.732. The van der Waals surface area contributed by atoms with Crippen LogP contribution in [0.25, 0.3) is 5.65 Å². The van der Waals surface area contributed by atoms with Gasteiger partial charge < -0.3 is 11.1 Å². The molecule has 0 fully saturated rings. The fourth-order valence-corrected chi connectivity index (χ4v) is 2.20. The van der Waals surface area contributed by atoms with Crippen LogP contribution in [-0.2, 0) is 6.54 Å². The molecule has 3 heterocycles. The molecule has 0 spiro atoms. The maximum atomic E-state index is 11.8. The van der Waals surface area contributed by atoms with Crippen LogP contribution in [0.2, 0.25) is 0 Å². The molecule has 3 aromatic heterocycles. The molecule has 3 N–H and O–H groups in total. The van der Waals surface area contributed by atoms with Crippen molar-refractivity contribution in [1.82, 2.24) is 24.9 Å². The first kappa shape index (κ1) is 11.6. The first-order valence-corrected chi connectivity index (χ1v) is 6.40. The second-order valence-corrected chi connectivity index (χ2v) is 4.69. The smallest absolute Gasteiger partial charge is 0.271 e. The highest BCUT2D eigenvalue weighted by Crippen LogP contribution is 2.10. The van der Waals surface area contributed by atoms with Gasteiger partial charge in [-0.15, -0.1) is 21.5 Å². The number of nitrogens with zero attached hydrogens (tertiary/aromatic N) is 4. The van der Waals surface area contributed by atoms with E-state index in [1.807, 2.05) is 28.8 Å². The van der Waals surface area contributed by atoms with Crippen molar-refractivity contribution in [3.05, 3.63) is 41.3 Å². The van der Waals surface area contributed by atoms with Crippen molar-refractivity contribution in [3.63, 3.8) is 0 Å². The molecule has 0 saturated heterocycles. The van der Waals surface area contributed by atoms with Crippen molar-refractivity contribution in [2.75, 3.05) is 5.73 Å². The molecule has 0 atom stereocenters. The largest absolute Gasteiger partial charge is 0.375 e. The van der Waals surface area contributed by atoms with E-state index in [4.69, 9.17) is 5.73 Å². The van der Waals surface area contributed by atoms with Crippen LogP contribution in [0, 0.1) is 0 Å². The van der Waals surface area contributed by atoms with Gasteiger partial charge in [0.25, 0.3) is 5.91 Å². The van der Waals surface area contributed by atoms with Crippen molar-refractivity contribution in [2.45, 2.75) is 6.54 Å². The lowest BCUT2D eigenvalue weighted by Crippen LogP contribution is -2.24. The highest BCUT2D eigenvalue weighted by Gasteiger charge is 2.11. The van der Waals surface area contributed by atoms with Crippen molar-refractivity contribution < 1.29 is 4.79 Å². The van der Waals surface area contributed by atoms with Crippen molar-refractivity contribution in [3.8, 4) is 0 Å². The van der Waals surface area contributed by atoms with E-state index in [0.29, 0.717) is 16.6 Å². The van der Waals surface area contributed by atoms with Crippen molar-refractivity contribution in [2.24, 2.45) is 0 Å². The van der Waals surface area contributed by atoms with Crippen LogP contribution < -0.4 is 11.1 Å². The zero-order valence-corrected chi connectivity index (χ0v) is 10.6. The summed E-state index contributed by atoms with van der Waals surface area (Å²) in [5.41, 5.74) is 6.54. The fraction of sp³-hybridized carbons (Fsp3) is 0.0909. The Hall–Kier alpha value is -2.48. The number of pyridine rings is 1. The molecular weight excluding hydrogens is 264 g/mol. The number of fused-ring (bicyclic) bond motifs is 1. The number of nitrogen functional groups attached to an aromatic ring is 1. The number of carbonyl (C=O) groups excluding carboxylic acids is 1. The average molecular weight is 274 g/mol. The Kier molecular flexibility index (Phi) is 2.84. The minimum atomic E-state index is -0.277. The Labute approximate surface area is 112 Å². The summed E-state index contributed by atoms with van der Waals surface area (Å²) in [5, 5.41) is 12.7. The molecule has 0 aliphatic rings. The number of hydrogen-bond donors (Lipinski definition) is 2. The summed E-state index contributed by atoms with van der Waals surface area (Å²) in [6.07, 6.45) is 1.84. The van der Waals surface area contributed by atoms with Crippen LogP contribution in [0.3, 0.4) is 0 Å². The molecule has 3 aromatic rings. The number of amides is 1. The molecular formula is C11H10N6OS. The Morgan fingerprint density at radius 3 is 3.11 bits per heavy atom. The summed E-state index contributed by atoms with van der Waals surface area (Å²) < 4.78 is 1.82. The van der Waals surface area contributed by atoms with Gasteiger partial charge in [0.15, 0.2) is 16.6 Å². The summed E-state index contributed by atoms with van der Waals surface area (Å²) in [4.78, 5) is 15.7. The van der Waals surface area contributed by atoms with Crippen molar-refractivity contribution >= 4 is 28.0 Å². The number of hydrogen-bond acceptors (Lipinski definition) is 6. The molecule has 7 nitrogen and oxygen atoms in total. The van der Waals surface area contributed by atoms with Gasteiger partial charge in [-0.05, 0) is 12.1 Å². The SMILES string of the molecule is Nc1nc(C(=O)NCc2nnc3ccccn23)cs1. The van der Waals surface area contributed by atoms with Gasteiger partial charge in [-0.1, -0.05) is 6.07 Å². The Morgan fingerprint density at radius 2 is 2.32 bits per heavy atom. The molecule has 3 rings (SSSR count). The van der Waals surface area contributed by atoms with Gasteiger partial charge in [-0.3, -0.25) is 9.20 Å². The third-order valence-electron chi connectivity index (χ3n) is 2.55. The average Bonchev–Trinajstić information content (AvgIpc) is 3.02. The Morgan fingerprint density at radius 1 is 1.42 bits per heavy atom. The first-order chi connectivity index (χ1) is 9.24. The molecule has 8 heteroatoms. The molecule has 1 amide bonds. The van der Waals surface area contributed by atoms with E-state index in [-0.39, 0.29) is 12.5 Å². The number of nitrogens with one attached hydrogen (secondary N) is 1. The van der Waals surface area contributed by atoms with Crippen LogP contribution in [0.15, 0.2) is 29.8 Å². The zero-order valence-electron chi connectivity index (χ0n) is 9.78. The maximum Gasteiger partial charge on any atom is 0.271 e. The maximum absolute atomic E-state index is 11.8. The predicted molar refractivity (Wildman–Crippen MR) is 70.7 cm³/mol. The predicted octanol–water partition coefficient (Wildman–Crippen LogP) is 0.698. The Bertz CT molecular complexity index is 733. The number of thiazole rings is 1. The van der Waals surface area contributed by atoms with E-state index in [9.17, 15) is 4.79 Å². The third kappa shape index (κ3) is 2.25. The van der Waals surface area contributed by atoms with Gasteiger partial charge >= 0.3 is 0 Å². The number of anilines is 1. The lowest BCUT2D eigenvalue weighted by Gasteiger charge is -2.01. The van der Waals surface area contributed by atoms with E-state index in [1.165, 1.54) is 11.3 Å². The van der Waals surface area contributed by atoms with Crippen LogP contribution in [-0.4, -0.2) is 25.5 Å². The van der Waals surface area contributed by atoms with E-state index in [0.717, 1.165) is 5.65 Å². The second kappa shape index (κ2) is 4.65. The van der Waals surface area contributed by atoms with Crippen molar-refractivity contribution in [1.29, 1.82) is 0 Å². The van der Waals surface area contributed by atoms with Gasteiger partial charge in [0.1, 0.15) is 5.69 Å². The minimum absolute atomic E-state index is 0.277. The first-order valence-electron chi connectivity index (χ1n) is 5.52. The molecule has 0 aliphatic heterocycles. The number of nitrogens with two attached hydrogens (primary N) is 1. The number of carbonyl (C=O) groups is 1. The van der Waals surface area contributed by atoms with E-state index in [1.54, 1.807) is 5.38 Å². The van der Waals surface area contributed by atoms with Crippen LogP contribution in [0.1, 0.15) is 16.3 Å². The summed E-state index contributed by atoms with van der Waals surface area (Å²) in [5.74, 6) is 0.382. The van der Waals surface area contributed by atoms with Gasteiger partial charge in [0.2, 0.25) is 0 Å². The monoisotopic (exact) mass is 274 g/mol. The van der Waals surface area contributed by atoms with E-state index < -0.39 is 0 Å². The Balaban J connectivity index is 1.74. The van der Waals surface area contributed by atoms with Gasteiger partial charge in [0.05, 0.1) is 6.54 Å². The lowest BCUT2D eigenvalue weighted by molar-refractivity contribution is 0.0945. The topological polar surface area (TPSA) is 98.2 Å². The van der Waals surface area contributed by atoms with Crippen LogP contribution in [0.5, 0.6) is 0 Å². The van der Waals surface area contributed by atoms with E-state index >= 15 is 0 Å². The molecule has 96 valence electrons. The standard InChI is InChI=1S/C11H10N6OS/c12-11-14-7(6-19-11)10(18)13-5-9-16-15-8-3-1-2-4-17(8)9/h1-4,6H,5H2,(H2,12,14)(H,13,18). The number of rotatable bonds is 3. The zero-order chi connectivity index (χ0) is 13.2. The summed E-state index contributed by atoms with van der Waals surface area (Å²) in [7, 11) is 0. The second-order valence-electron chi connectivity index (χ2n) is 3.80. The van der Waals surface area contributed by atoms with E-state index in [2.05, 4.69) is 20.5 Å². The molecule has 0 radical (unpaired) electrons. The molecule has 19 heavy (non-hydrogen) atoms. The minimum Gasteiger partial charge on any atom is -0.375 e. The summed E-state index contributed by atoms with van der Waals surface area (Å²) >= 11 is 1.23. The van der Waals surface area contributed by atoms with Gasteiger partial charge in [-0.25, -0.2) is 4.98 Å². The fourth-order valence-electron chi connectivity index (χ4n) is 1.65. The summed E-state index contributed by atoms with van der Waals surface area (Å²) in [6, 6.07) is 5.60. The number of aromatic nitrogens is 4. The molecule has 0 bridgehead atoms. The highest BCUT2D eigenvalue weighted by atomic mass is 32.1. The van der Waals surface area contributed by atoms with Gasteiger partial charge in [0, 0.05) is 11.6 Å². The molecule has 0 unspecified atom stereocenters. The molecule has 0 saturated carbocycles. The molecule has 0 aromatic carbocycles. The van der Waals surface area contributed by atoms with Gasteiger partial charge in [-0.2, -0.15) is 0 Å². The third-order valence-corrected chi connectivity index (χ3v) is 3.22. The van der Waals surface area contributed by atoms with Crippen LogP contribution in [0.4, 0.5) is 5.13 Å². The lowest BCUT2D eigenvalue weighted by atomic mass is 10.4. The summed E-state index contributed by atoms with van der Waals surface area (Å²) in [6.45, 7) is 0.279. The normalized spacial score (nSPS) is 10.7. The molecule has 0 aliphatic carbocycles. The van der Waals surface area contributed by atoms with Crippen LogP contribution >= 0.6 is 11.3 Å².